The summed E-state index contributed by atoms with van der Waals surface area (Å²) in [4.78, 5) is 17.1. The van der Waals surface area contributed by atoms with E-state index in [2.05, 4.69) is 17.0 Å². The van der Waals surface area contributed by atoms with E-state index in [1.165, 1.54) is 5.56 Å². The van der Waals surface area contributed by atoms with E-state index in [1.807, 2.05) is 47.0 Å². The lowest BCUT2D eigenvalue weighted by molar-refractivity contribution is -0.0276. The number of furan rings is 1. The van der Waals surface area contributed by atoms with Gasteiger partial charge in [-0.05, 0) is 54.3 Å². The lowest BCUT2D eigenvalue weighted by atomic mass is 9.84. The van der Waals surface area contributed by atoms with Gasteiger partial charge in [0.25, 0.3) is 5.91 Å². The molecule has 3 aliphatic heterocycles. The van der Waals surface area contributed by atoms with Crippen molar-refractivity contribution in [3.8, 4) is 11.5 Å². The number of ether oxygens (including phenoxy) is 2. The average Bonchev–Trinajstić information content (AvgIpc) is 3.34. The zero-order chi connectivity index (χ0) is 23.8. The third kappa shape index (κ3) is 4.62. The summed E-state index contributed by atoms with van der Waals surface area (Å²) in [6.45, 7) is 5.10. The fourth-order valence-corrected chi connectivity index (χ4v) is 6.08. The summed E-state index contributed by atoms with van der Waals surface area (Å²) in [5, 5.41) is 12.4. The van der Waals surface area contributed by atoms with Gasteiger partial charge in [-0.1, -0.05) is 12.1 Å². The highest BCUT2D eigenvalue weighted by Gasteiger charge is 2.34. The predicted molar refractivity (Wildman–Crippen MR) is 135 cm³/mol. The molecule has 0 saturated carbocycles. The summed E-state index contributed by atoms with van der Waals surface area (Å²) >= 11 is 1.87. The average molecular weight is 495 g/mol. The lowest BCUT2D eigenvalue weighted by Crippen LogP contribution is -2.42. The minimum atomic E-state index is -0.886. The first kappa shape index (κ1) is 22.8. The molecule has 7 nitrogen and oxygen atoms in total. The molecule has 2 saturated heterocycles. The third-order valence-corrected chi connectivity index (χ3v) is 8.20. The fraction of sp³-hybridized carbons (Fsp3) is 0.444. The summed E-state index contributed by atoms with van der Waals surface area (Å²) in [7, 11) is 0. The summed E-state index contributed by atoms with van der Waals surface area (Å²) in [6.07, 6.45) is 1.30. The first-order valence-electron chi connectivity index (χ1n) is 12.3. The standard InChI is InChI=1S/C27H30N2O5S/c30-26(29-9-13-35-14-10-29)25-17-20-16-21(2-4-22(20)34-25)27(31)5-7-28(8-6-27)18-19-1-3-23-24(15-19)33-12-11-32-23/h1-4,15-17,31H,5-14,18H2. The highest BCUT2D eigenvalue weighted by atomic mass is 32.2. The molecule has 0 bridgehead atoms. The van der Waals surface area contributed by atoms with E-state index >= 15 is 0 Å². The molecule has 184 valence electrons. The highest BCUT2D eigenvalue weighted by Crippen LogP contribution is 2.36. The van der Waals surface area contributed by atoms with Gasteiger partial charge in [0, 0.05) is 49.6 Å². The van der Waals surface area contributed by atoms with Crippen LogP contribution in [-0.2, 0) is 12.1 Å². The zero-order valence-corrected chi connectivity index (χ0v) is 20.5. The number of carbonyl (C=O) groups excluding carboxylic acids is 1. The SMILES string of the molecule is O=C(c1cc2cc(C3(O)CCN(Cc4ccc5c(c4)OCCO5)CC3)ccc2o1)N1CCSCC1. The molecule has 1 amide bonds. The Morgan fingerprint density at radius 1 is 0.943 bits per heavy atom. The van der Waals surface area contributed by atoms with Crippen molar-refractivity contribution in [2.24, 2.45) is 0 Å². The quantitative estimate of drug-likeness (QED) is 0.590. The second-order valence-corrected chi connectivity index (χ2v) is 10.8. The molecule has 35 heavy (non-hydrogen) atoms. The van der Waals surface area contributed by atoms with Crippen molar-refractivity contribution < 1.29 is 23.8 Å². The van der Waals surface area contributed by atoms with Gasteiger partial charge in [-0.15, -0.1) is 0 Å². The molecule has 2 aromatic carbocycles. The smallest absolute Gasteiger partial charge is 0.289 e. The topological polar surface area (TPSA) is 75.4 Å². The van der Waals surface area contributed by atoms with Crippen LogP contribution in [0.3, 0.4) is 0 Å². The van der Waals surface area contributed by atoms with E-state index < -0.39 is 5.60 Å². The Hall–Kier alpha value is -2.68. The number of piperidine rings is 1. The maximum Gasteiger partial charge on any atom is 0.289 e. The Morgan fingerprint density at radius 2 is 1.71 bits per heavy atom. The lowest BCUT2D eigenvalue weighted by Gasteiger charge is -2.38. The van der Waals surface area contributed by atoms with Crippen molar-refractivity contribution in [1.29, 1.82) is 0 Å². The third-order valence-electron chi connectivity index (χ3n) is 7.26. The van der Waals surface area contributed by atoms with Gasteiger partial charge in [-0.3, -0.25) is 9.69 Å². The number of hydrogen-bond acceptors (Lipinski definition) is 7. The Labute approximate surface area is 209 Å². The van der Waals surface area contributed by atoms with Crippen molar-refractivity contribution in [1.82, 2.24) is 9.80 Å². The van der Waals surface area contributed by atoms with E-state index in [4.69, 9.17) is 13.9 Å². The number of hydrogen-bond donors (Lipinski definition) is 1. The Morgan fingerprint density at radius 3 is 2.51 bits per heavy atom. The molecule has 2 fully saturated rings. The molecule has 0 unspecified atom stereocenters. The summed E-state index contributed by atoms with van der Waals surface area (Å²) in [5.74, 6) is 3.89. The summed E-state index contributed by atoms with van der Waals surface area (Å²) < 4.78 is 17.2. The number of aliphatic hydroxyl groups is 1. The van der Waals surface area contributed by atoms with Crippen LogP contribution < -0.4 is 9.47 Å². The second kappa shape index (κ2) is 9.41. The summed E-state index contributed by atoms with van der Waals surface area (Å²) in [6, 6.07) is 13.8. The molecule has 1 N–H and O–H groups in total. The van der Waals surface area contributed by atoms with Crippen LogP contribution in [0, 0.1) is 0 Å². The van der Waals surface area contributed by atoms with Gasteiger partial charge in [0.2, 0.25) is 0 Å². The van der Waals surface area contributed by atoms with E-state index in [9.17, 15) is 9.90 Å². The number of nitrogens with zero attached hydrogens (tertiary/aromatic N) is 2. The first-order valence-corrected chi connectivity index (χ1v) is 13.5. The van der Waals surface area contributed by atoms with Crippen molar-refractivity contribution in [3.05, 3.63) is 59.4 Å². The van der Waals surface area contributed by atoms with Crippen LogP contribution in [0.15, 0.2) is 46.9 Å². The molecule has 1 aromatic heterocycles. The molecule has 0 aliphatic carbocycles. The van der Waals surface area contributed by atoms with Crippen molar-refractivity contribution in [3.63, 3.8) is 0 Å². The van der Waals surface area contributed by atoms with Gasteiger partial charge in [-0.2, -0.15) is 11.8 Å². The fourth-order valence-electron chi connectivity index (χ4n) is 5.17. The molecule has 0 atom stereocenters. The van der Waals surface area contributed by atoms with Crippen LogP contribution in [0.1, 0.15) is 34.5 Å². The molecule has 8 heteroatoms. The number of carbonyl (C=O) groups is 1. The van der Waals surface area contributed by atoms with Gasteiger partial charge in [-0.25, -0.2) is 0 Å². The molecule has 3 aromatic rings. The number of fused-ring (bicyclic) bond motifs is 2. The largest absolute Gasteiger partial charge is 0.486 e. The maximum atomic E-state index is 12.8. The first-order chi connectivity index (χ1) is 17.1. The van der Waals surface area contributed by atoms with Crippen LogP contribution >= 0.6 is 11.8 Å². The molecular weight excluding hydrogens is 464 g/mol. The normalized spacial score (nSPS) is 20.2. The van der Waals surface area contributed by atoms with Gasteiger partial charge < -0.3 is 23.9 Å². The van der Waals surface area contributed by atoms with E-state index in [0.29, 0.717) is 37.4 Å². The summed E-state index contributed by atoms with van der Waals surface area (Å²) in [5.41, 5.74) is 1.87. The Balaban J connectivity index is 1.12. The van der Waals surface area contributed by atoms with Gasteiger partial charge >= 0.3 is 0 Å². The minimum absolute atomic E-state index is 0.0470. The number of benzene rings is 2. The maximum absolute atomic E-state index is 12.8. The van der Waals surface area contributed by atoms with Gasteiger partial charge in [0.1, 0.15) is 18.8 Å². The molecule has 0 spiro atoms. The predicted octanol–water partition coefficient (Wildman–Crippen LogP) is 3.88. The van der Waals surface area contributed by atoms with E-state index in [1.54, 1.807) is 0 Å². The minimum Gasteiger partial charge on any atom is -0.486 e. The van der Waals surface area contributed by atoms with Gasteiger partial charge in [0.05, 0.1) is 5.60 Å². The van der Waals surface area contributed by atoms with E-state index in [-0.39, 0.29) is 5.91 Å². The van der Waals surface area contributed by atoms with Crippen LogP contribution in [0.25, 0.3) is 11.0 Å². The van der Waals surface area contributed by atoms with Crippen LogP contribution in [0.5, 0.6) is 11.5 Å². The molecule has 3 aliphatic rings. The monoisotopic (exact) mass is 494 g/mol. The molecule has 6 rings (SSSR count). The number of rotatable bonds is 4. The number of amides is 1. The Bertz CT molecular complexity index is 1230. The molecular formula is C27H30N2O5S. The van der Waals surface area contributed by atoms with Crippen molar-refractivity contribution in [2.45, 2.75) is 25.0 Å². The van der Waals surface area contributed by atoms with Crippen molar-refractivity contribution >= 4 is 28.6 Å². The van der Waals surface area contributed by atoms with Crippen LogP contribution in [0.2, 0.25) is 0 Å². The number of thioether (sulfide) groups is 1. The second-order valence-electron chi connectivity index (χ2n) is 9.55. The molecule has 0 radical (unpaired) electrons. The van der Waals surface area contributed by atoms with Crippen LogP contribution in [-0.4, -0.2) is 71.7 Å². The van der Waals surface area contributed by atoms with E-state index in [0.717, 1.165) is 66.7 Å². The number of likely N-dealkylation sites (tertiary alicyclic amines) is 1. The molecule has 4 heterocycles. The highest BCUT2D eigenvalue weighted by molar-refractivity contribution is 7.99. The zero-order valence-electron chi connectivity index (χ0n) is 19.7. The van der Waals surface area contributed by atoms with Crippen LogP contribution in [0.4, 0.5) is 0 Å². The Kier molecular flexibility index (Phi) is 6.12. The van der Waals surface area contributed by atoms with Crippen molar-refractivity contribution in [2.75, 3.05) is 50.9 Å². The van der Waals surface area contributed by atoms with Gasteiger partial charge in [0.15, 0.2) is 17.3 Å².